The Labute approximate surface area is 163 Å². The van der Waals surface area contributed by atoms with Crippen LogP contribution in [0, 0.1) is 0 Å². The van der Waals surface area contributed by atoms with Crippen LogP contribution in [0.25, 0.3) is 16.5 Å². The van der Waals surface area contributed by atoms with Crippen molar-refractivity contribution in [3.05, 3.63) is 89.5 Å². The molecule has 0 aliphatic carbocycles. The molecule has 1 unspecified atom stereocenters. The third-order valence-electron chi connectivity index (χ3n) is 5.14. The lowest BCUT2D eigenvalue weighted by Crippen LogP contribution is -2.30. The van der Waals surface area contributed by atoms with Gasteiger partial charge in [0.2, 0.25) is 0 Å². The molecule has 4 nitrogen and oxygen atoms in total. The van der Waals surface area contributed by atoms with Crippen LogP contribution in [0.2, 0.25) is 0 Å². The first-order valence-corrected chi connectivity index (χ1v) is 9.44. The Morgan fingerprint density at radius 1 is 0.929 bits per heavy atom. The second kappa shape index (κ2) is 7.31. The molecule has 1 amide bonds. The van der Waals surface area contributed by atoms with Gasteiger partial charge in [0.05, 0.1) is 11.6 Å². The van der Waals surface area contributed by atoms with E-state index in [1.807, 2.05) is 73.7 Å². The van der Waals surface area contributed by atoms with Crippen LogP contribution in [0.3, 0.4) is 0 Å². The van der Waals surface area contributed by atoms with Crippen molar-refractivity contribution in [3.8, 4) is 0 Å². The Morgan fingerprint density at radius 3 is 2.32 bits per heavy atom. The monoisotopic (exact) mass is 371 g/mol. The van der Waals surface area contributed by atoms with Crippen LogP contribution in [0.4, 0.5) is 0 Å². The highest BCUT2D eigenvalue weighted by molar-refractivity contribution is 6.46. The van der Waals surface area contributed by atoms with Crippen molar-refractivity contribution in [2.24, 2.45) is 0 Å². The first-order valence-electron chi connectivity index (χ1n) is 9.44. The van der Waals surface area contributed by atoms with E-state index in [2.05, 4.69) is 0 Å². The van der Waals surface area contributed by atoms with E-state index in [9.17, 15) is 14.7 Å². The number of nitrogens with zero attached hydrogens (tertiary/aromatic N) is 1. The molecule has 1 N–H and O–H groups in total. The molecule has 0 spiro atoms. The predicted molar refractivity (Wildman–Crippen MR) is 110 cm³/mol. The van der Waals surface area contributed by atoms with Crippen LogP contribution in [-0.4, -0.2) is 28.2 Å². The Bertz CT molecular complexity index is 1090. The molecule has 1 saturated heterocycles. The molecule has 3 aromatic rings. The number of ketones is 1. The van der Waals surface area contributed by atoms with Crippen LogP contribution >= 0.6 is 0 Å². The highest BCUT2D eigenvalue weighted by Crippen LogP contribution is 2.39. The number of fused-ring (bicyclic) bond motifs is 1. The number of aliphatic hydroxyl groups is 1. The fraction of sp³-hybridized carbons (Fsp3) is 0.167. The minimum atomic E-state index is -0.632. The van der Waals surface area contributed by atoms with Crippen molar-refractivity contribution in [2.45, 2.75) is 19.4 Å². The number of likely N-dealkylation sites (tertiary alicyclic amines) is 1. The first kappa shape index (κ1) is 18.0. The number of hydrogen-bond donors (Lipinski definition) is 1. The fourth-order valence-corrected chi connectivity index (χ4v) is 3.83. The van der Waals surface area contributed by atoms with E-state index in [-0.39, 0.29) is 11.3 Å². The second-order valence-corrected chi connectivity index (χ2v) is 6.97. The topological polar surface area (TPSA) is 57.6 Å². The van der Waals surface area contributed by atoms with Crippen molar-refractivity contribution in [1.29, 1.82) is 0 Å². The summed E-state index contributed by atoms with van der Waals surface area (Å²) in [4.78, 5) is 27.1. The van der Waals surface area contributed by atoms with Crippen LogP contribution in [0.5, 0.6) is 0 Å². The number of Topliss-reactive ketones (excluding diaryl/α,β-unsaturated/α-hetero) is 1. The van der Waals surface area contributed by atoms with E-state index in [4.69, 9.17) is 0 Å². The molecule has 28 heavy (non-hydrogen) atoms. The van der Waals surface area contributed by atoms with Crippen molar-refractivity contribution in [3.63, 3.8) is 0 Å². The van der Waals surface area contributed by atoms with Gasteiger partial charge < -0.3 is 10.0 Å². The van der Waals surface area contributed by atoms with Gasteiger partial charge in [-0.1, -0.05) is 73.7 Å². The van der Waals surface area contributed by atoms with Gasteiger partial charge in [-0.2, -0.15) is 0 Å². The molecule has 4 heteroatoms. The smallest absolute Gasteiger partial charge is 0.295 e. The van der Waals surface area contributed by atoms with Crippen molar-refractivity contribution in [2.75, 3.05) is 6.54 Å². The second-order valence-electron chi connectivity index (χ2n) is 6.97. The molecule has 140 valence electrons. The van der Waals surface area contributed by atoms with Crippen molar-refractivity contribution < 1.29 is 14.7 Å². The Morgan fingerprint density at radius 2 is 1.61 bits per heavy atom. The third kappa shape index (κ3) is 2.97. The minimum Gasteiger partial charge on any atom is -0.507 e. The number of carbonyl (C=O) groups excluding carboxylic acids is 2. The van der Waals surface area contributed by atoms with Gasteiger partial charge in [-0.3, -0.25) is 9.59 Å². The van der Waals surface area contributed by atoms with Crippen LogP contribution in [0.1, 0.15) is 30.5 Å². The summed E-state index contributed by atoms with van der Waals surface area (Å²) < 4.78 is 0. The molecule has 4 rings (SSSR count). The molecule has 0 bridgehead atoms. The van der Waals surface area contributed by atoms with E-state index in [0.29, 0.717) is 12.1 Å². The zero-order chi connectivity index (χ0) is 19.7. The van der Waals surface area contributed by atoms with Crippen molar-refractivity contribution in [1.82, 2.24) is 4.90 Å². The third-order valence-corrected chi connectivity index (χ3v) is 5.14. The number of amides is 1. The standard InChI is InChI=1S/C24H21NO3/c1-2-14-25-21(17-9-4-3-5-10-17)20(23(27)24(25)28)22(26)19-13-12-16-8-6-7-11-18(16)15-19/h3-13,15,21,26H,2,14H2,1H3/b22-20-. The minimum absolute atomic E-state index is 0.128. The highest BCUT2D eigenvalue weighted by Gasteiger charge is 2.45. The van der Waals surface area contributed by atoms with Gasteiger partial charge in [0.25, 0.3) is 11.7 Å². The van der Waals surface area contributed by atoms with Crippen LogP contribution in [0.15, 0.2) is 78.4 Å². The lowest BCUT2D eigenvalue weighted by Gasteiger charge is -2.24. The Balaban J connectivity index is 1.90. The Hall–Kier alpha value is -3.40. The zero-order valence-electron chi connectivity index (χ0n) is 15.6. The van der Waals surface area contributed by atoms with Crippen LogP contribution in [-0.2, 0) is 9.59 Å². The zero-order valence-corrected chi connectivity index (χ0v) is 15.6. The summed E-state index contributed by atoms with van der Waals surface area (Å²) in [6, 6.07) is 22.2. The van der Waals surface area contributed by atoms with Gasteiger partial charge in [-0.05, 0) is 28.8 Å². The summed E-state index contributed by atoms with van der Waals surface area (Å²) in [5.41, 5.74) is 1.51. The summed E-state index contributed by atoms with van der Waals surface area (Å²) in [5, 5.41) is 13.1. The van der Waals surface area contributed by atoms with Gasteiger partial charge >= 0.3 is 0 Å². The summed E-state index contributed by atoms with van der Waals surface area (Å²) in [5.74, 6) is -1.32. The number of carbonyl (C=O) groups is 2. The summed E-state index contributed by atoms with van der Waals surface area (Å²) >= 11 is 0. The number of aliphatic hydroxyl groups excluding tert-OH is 1. The molecule has 1 aliphatic heterocycles. The van der Waals surface area contributed by atoms with E-state index in [1.165, 1.54) is 0 Å². The summed E-state index contributed by atoms with van der Waals surface area (Å²) in [6.45, 7) is 2.42. The van der Waals surface area contributed by atoms with Gasteiger partial charge in [-0.25, -0.2) is 0 Å². The molecule has 1 fully saturated rings. The van der Waals surface area contributed by atoms with Gasteiger partial charge in [0, 0.05) is 12.1 Å². The number of benzene rings is 3. The lowest BCUT2D eigenvalue weighted by atomic mass is 9.94. The van der Waals surface area contributed by atoms with E-state index in [1.54, 1.807) is 11.0 Å². The normalized spacial score (nSPS) is 18.8. The molecule has 1 atom stereocenters. The molecular formula is C24H21NO3. The maximum Gasteiger partial charge on any atom is 0.295 e. The molecule has 0 radical (unpaired) electrons. The van der Waals surface area contributed by atoms with E-state index in [0.717, 1.165) is 22.8 Å². The molecule has 1 heterocycles. The Kier molecular flexibility index (Phi) is 4.70. The summed E-state index contributed by atoms with van der Waals surface area (Å²) in [7, 11) is 0. The predicted octanol–water partition coefficient (Wildman–Crippen LogP) is 4.67. The SMILES string of the molecule is CCCN1C(=O)C(=O)/C(=C(\O)c2ccc3ccccc3c2)C1c1ccccc1. The summed E-state index contributed by atoms with van der Waals surface area (Å²) in [6.07, 6.45) is 0.729. The highest BCUT2D eigenvalue weighted by atomic mass is 16.3. The van der Waals surface area contributed by atoms with E-state index < -0.39 is 17.7 Å². The molecule has 1 aliphatic rings. The first-order chi connectivity index (χ1) is 13.6. The maximum atomic E-state index is 12.8. The quantitative estimate of drug-likeness (QED) is 0.412. The molecular weight excluding hydrogens is 350 g/mol. The van der Waals surface area contributed by atoms with Gasteiger partial charge in [0.15, 0.2) is 0 Å². The maximum absolute atomic E-state index is 12.8. The van der Waals surface area contributed by atoms with Gasteiger partial charge in [-0.15, -0.1) is 0 Å². The molecule has 0 aromatic heterocycles. The number of hydrogen-bond acceptors (Lipinski definition) is 3. The average molecular weight is 371 g/mol. The van der Waals surface area contributed by atoms with Crippen LogP contribution < -0.4 is 0 Å². The molecule has 3 aromatic carbocycles. The fourth-order valence-electron chi connectivity index (χ4n) is 3.83. The lowest BCUT2D eigenvalue weighted by molar-refractivity contribution is -0.139. The largest absolute Gasteiger partial charge is 0.507 e. The number of rotatable bonds is 4. The van der Waals surface area contributed by atoms with E-state index >= 15 is 0 Å². The van der Waals surface area contributed by atoms with Gasteiger partial charge in [0.1, 0.15) is 5.76 Å². The van der Waals surface area contributed by atoms with Crippen molar-refractivity contribution >= 4 is 28.2 Å². The molecule has 0 saturated carbocycles. The average Bonchev–Trinajstić information content (AvgIpc) is 2.99.